The molecule has 0 unspecified atom stereocenters. The molecule has 0 N–H and O–H groups in total. The van der Waals surface area contributed by atoms with Crippen LogP contribution in [-0.2, 0) is 18.0 Å². The van der Waals surface area contributed by atoms with E-state index in [4.69, 9.17) is 16.3 Å². The molecule has 8 heteroatoms. The average molecular weight is 440 g/mol. The van der Waals surface area contributed by atoms with E-state index in [0.717, 1.165) is 41.5 Å². The summed E-state index contributed by atoms with van der Waals surface area (Å²) in [6.45, 7) is 9.03. The molecule has 4 rings (SSSR count). The summed E-state index contributed by atoms with van der Waals surface area (Å²) in [7, 11) is -1.14. The molecule has 0 saturated carbocycles. The molecule has 0 fully saturated rings. The topological polar surface area (TPSA) is 57.8 Å². The van der Waals surface area contributed by atoms with Crippen molar-refractivity contribution in [1.82, 2.24) is 24.1 Å². The molecule has 0 bridgehead atoms. The zero-order chi connectivity index (χ0) is 21.1. The number of aromatic nitrogens is 5. The summed E-state index contributed by atoms with van der Waals surface area (Å²) in [5, 5.41) is 1.30. The van der Waals surface area contributed by atoms with Crippen LogP contribution in [0.15, 0.2) is 55.4 Å². The van der Waals surface area contributed by atoms with Gasteiger partial charge in [-0.2, -0.15) is 0 Å². The van der Waals surface area contributed by atoms with Crippen molar-refractivity contribution in [2.75, 3.05) is 6.61 Å². The molecule has 3 heterocycles. The average Bonchev–Trinajstić information content (AvgIpc) is 3.34. The van der Waals surface area contributed by atoms with Crippen molar-refractivity contribution < 1.29 is 4.74 Å². The number of hydrogen-bond acceptors (Lipinski definition) is 4. The third kappa shape index (κ3) is 4.80. The molecular formula is C22H26ClN5OSi. The summed E-state index contributed by atoms with van der Waals surface area (Å²) in [6, 6.07) is 11.7. The molecular weight excluding hydrogens is 414 g/mol. The lowest BCUT2D eigenvalue weighted by molar-refractivity contribution is 0.0909. The zero-order valence-corrected chi connectivity index (χ0v) is 19.3. The fourth-order valence-electron chi connectivity index (χ4n) is 3.31. The van der Waals surface area contributed by atoms with Gasteiger partial charge in [-0.1, -0.05) is 55.5 Å². The Morgan fingerprint density at radius 3 is 2.60 bits per heavy atom. The maximum absolute atomic E-state index is 6.35. The van der Waals surface area contributed by atoms with Crippen LogP contribution in [0.5, 0.6) is 0 Å². The fraction of sp³-hybridized carbons (Fsp3) is 0.318. The number of benzene rings is 1. The first-order valence-electron chi connectivity index (χ1n) is 10.0. The molecule has 0 aliphatic heterocycles. The van der Waals surface area contributed by atoms with E-state index in [1.807, 2.05) is 23.2 Å². The Morgan fingerprint density at radius 2 is 1.90 bits per heavy atom. The standard InChI is InChI=1S/C22H26ClN5OSi/c1-30(2,3)11-10-29-16-28-20(12-19-21(23)25-14-26-22(19)28)18-6-4-17(5-7-18)13-27-9-8-24-15-27/h4-9,12,14-15H,10-11,13,16H2,1-3H3. The lowest BCUT2D eigenvalue weighted by Crippen LogP contribution is -2.22. The van der Waals surface area contributed by atoms with E-state index in [0.29, 0.717) is 11.9 Å². The number of ether oxygens (including phenoxy) is 1. The van der Waals surface area contributed by atoms with Crippen molar-refractivity contribution in [2.45, 2.75) is 39.0 Å². The van der Waals surface area contributed by atoms with Gasteiger partial charge in [-0.25, -0.2) is 15.0 Å². The Morgan fingerprint density at radius 1 is 1.10 bits per heavy atom. The minimum absolute atomic E-state index is 0.438. The maximum Gasteiger partial charge on any atom is 0.147 e. The molecule has 3 aromatic heterocycles. The summed E-state index contributed by atoms with van der Waals surface area (Å²) >= 11 is 6.35. The number of nitrogens with zero attached hydrogens (tertiary/aromatic N) is 5. The van der Waals surface area contributed by atoms with Crippen molar-refractivity contribution >= 4 is 30.7 Å². The Kier molecular flexibility index (Phi) is 6.03. The first kappa shape index (κ1) is 20.8. The van der Waals surface area contributed by atoms with Crippen LogP contribution in [0.25, 0.3) is 22.3 Å². The number of fused-ring (bicyclic) bond motifs is 1. The molecule has 6 nitrogen and oxygen atoms in total. The Hall–Kier alpha value is -2.48. The van der Waals surface area contributed by atoms with Crippen LogP contribution in [0.3, 0.4) is 0 Å². The number of imidazole rings is 1. The molecule has 156 valence electrons. The van der Waals surface area contributed by atoms with Gasteiger partial charge in [0, 0.05) is 33.6 Å². The van der Waals surface area contributed by atoms with Crippen LogP contribution < -0.4 is 0 Å². The third-order valence-electron chi connectivity index (χ3n) is 5.03. The van der Waals surface area contributed by atoms with Crippen LogP contribution in [-0.4, -0.2) is 38.8 Å². The Labute approximate surface area is 182 Å². The molecule has 0 saturated heterocycles. The van der Waals surface area contributed by atoms with Crippen molar-refractivity contribution in [3.8, 4) is 11.3 Å². The van der Waals surface area contributed by atoms with Crippen LogP contribution in [0.2, 0.25) is 30.8 Å². The van der Waals surface area contributed by atoms with E-state index in [1.54, 1.807) is 6.20 Å². The van der Waals surface area contributed by atoms with Gasteiger partial charge >= 0.3 is 0 Å². The summed E-state index contributed by atoms with van der Waals surface area (Å²) < 4.78 is 10.2. The lowest BCUT2D eigenvalue weighted by Gasteiger charge is -2.16. The van der Waals surface area contributed by atoms with Gasteiger partial charge in [0.15, 0.2) is 0 Å². The zero-order valence-electron chi connectivity index (χ0n) is 17.5. The molecule has 0 radical (unpaired) electrons. The van der Waals surface area contributed by atoms with Gasteiger partial charge in [-0.05, 0) is 23.2 Å². The van der Waals surface area contributed by atoms with Crippen LogP contribution in [0.1, 0.15) is 5.56 Å². The van der Waals surface area contributed by atoms with Crippen LogP contribution >= 0.6 is 11.6 Å². The molecule has 0 spiro atoms. The number of hydrogen-bond donors (Lipinski definition) is 0. The molecule has 0 atom stereocenters. The molecule has 0 aliphatic carbocycles. The predicted molar refractivity (Wildman–Crippen MR) is 123 cm³/mol. The highest BCUT2D eigenvalue weighted by Crippen LogP contribution is 2.30. The Bertz CT molecular complexity index is 1120. The van der Waals surface area contributed by atoms with E-state index < -0.39 is 8.07 Å². The van der Waals surface area contributed by atoms with E-state index >= 15 is 0 Å². The minimum Gasteiger partial charge on any atom is -0.361 e. The van der Waals surface area contributed by atoms with Gasteiger partial charge in [0.1, 0.15) is 23.9 Å². The largest absolute Gasteiger partial charge is 0.361 e. The maximum atomic E-state index is 6.35. The third-order valence-corrected chi connectivity index (χ3v) is 7.04. The second kappa shape index (κ2) is 8.71. The highest BCUT2D eigenvalue weighted by molar-refractivity contribution is 6.76. The molecule has 0 aliphatic rings. The first-order valence-corrected chi connectivity index (χ1v) is 14.1. The number of rotatable bonds is 8. The van der Waals surface area contributed by atoms with Gasteiger partial charge in [-0.15, -0.1) is 0 Å². The highest BCUT2D eigenvalue weighted by Gasteiger charge is 2.16. The fourth-order valence-corrected chi connectivity index (χ4v) is 4.25. The molecule has 4 aromatic rings. The summed E-state index contributed by atoms with van der Waals surface area (Å²) in [4.78, 5) is 12.7. The summed E-state index contributed by atoms with van der Waals surface area (Å²) in [6.07, 6.45) is 7.08. The van der Waals surface area contributed by atoms with Crippen LogP contribution in [0, 0.1) is 0 Å². The first-order chi connectivity index (χ1) is 14.4. The van der Waals surface area contributed by atoms with E-state index in [2.05, 4.69) is 63.4 Å². The van der Waals surface area contributed by atoms with Gasteiger partial charge in [0.25, 0.3) is 0 Å². The summed E-state index contributed by atoms with van der Waals surface area (Å²) in [5.41, 5.74) is 4.12. The van der Waals surface area contributed by atoms with E-state index in [9.17, 15) is 0 Å². The quantitative estimate of drug-likeness (QED) is 0.212. The smallest absolute Gasteiger partial charge is 0.147 e. The highest BCUT2D eigenvalue weighted by atomic mass is 35.5. The van der Waals surface area contributed by atoms with Gasteiger partial charge in [0.2, 0.25) is 0 Å². The SMILES string of the molecule is C[Si](C)(C)CCOCn1c(-c2ccc(Cn3ccnc3)cc2)cc2c(Cl)ncnc21. The summed E-state index contributed by atoms with van der Waals surface area (Å²) in [5.74, 6) is 0. The molecule has 30 heavy (non-hydrogen) atoms. The Balaban J connectivity index is 1.61. The van der Waals surface area contributed by atoms with Gasteiger partial charge < -0.3 is 13.9 Å². The van der Waals surface area contributed by atoms with E-state index in [1.165, 1.54) is 11.9 Å². The molecule has 1 aromatic carbocycles. The van der Waals surface area contributed by atoms with Gasteiger partial charge in [0.05, 0.1) is 17.4 Å². The predicted octanol–water partition coefficient (Wildman–Crippen LogP) is 5.31. The normalized spacial score (nSPS) is 12.0. The number of halogens is 1. The second-order valence-electron chi connectivity index (χ2n) is 8.64. The van der Waals surface area contributed by atoms with Crippen molar-refractivity contribution in [1.29, 1.82) is 0 Å². The molecule has 0 amide bonds. The van der Waals surface area contributed by atoms with Crippen molar-refractivity contribution in [3.05, 3.63) is 66.1 Å². The van der Waals surface area contributed by atoms with Gasteiger partial charge in [-0.3, -0.25) is 0 Å². The minimum atomic E-state index is -1.14. The van der Waals surface area contributed by atoms with Crippen molar-refractivity contribution in [2.24, 2.45) is 0 Å². The van der Waals surface area contributed by atoms with Crippen molar-refractivity contribution in [3.63, 3.8) is 0 Å². The lowest BCUT2D eigenvalue weighted by atomic mass is 10.1. The monoisotopic (exact) mass is 439 g/mol. The van der Waals surface area contributed by atoms with Crippen LogP contribution in [0.4, 0.5) is 0 Å². The second-order valence-corrected chi connectivity index (χ2v) is 14.6. The van der Waals surface area contributed by atoms with E-state index in [-0.39, 0.29) is 0 Å².